The quantitative estimate of drug-likeness (QED) is 0.429. The highest BCUT2D eigenvalue weighted by Crippen LogP contribution is 2.56. The van der Waals surface area contributed by atoms with Crippen LogP contribution >= 0.6 is 0 Å². The van der Waals surface area contributed by atoms with Crippen molar-refractivity contribution in [3.63, 3.8) is 0 Å². The van der Waals surface area contributed by atoms with E-state index in [1.54, 1.807) is 0 Å². The second kappa shape index (κ2) is 7.78. The molecule has 3 aromatic rings. The van der Waals surface area contributed by atoms with Crippen LogP contribution in [0.3, 0.4) is 0 Å². The topological polar surface area (TPSA) is 12.2 Å². The lowest BCUT2D eigenvalue weighted by Crippen LogP contribution is -2.46. The molecule has 1 aliphatic heterocycles. The highest BCUT2D eigenvalue weighted by molar-refractivity contribution is 6.07. The van der Waals surface area contributed by atoms with Gasteiger partial charge in [0.1, 0.15) is 0 Å². The van der Waals surface area contributed by atoms with Crippen LogP contribution in [0.5, 0.6) is 0 Å². The summed E-state index contributed by atoms with van der Waals surface area (Å²) in [6.45, 7) is 2.77. The third-order valence-electron chi connectivity index (χ3n) is 7.48. The minimum atomic E-state index is -0.392. The molecule has 0 bridgehead atoms. The Hall–Kier alpha value is -3.13. The summed E-state index contributed by atoms with van der Waals surface area (Å²) in [6, 6.07) is 29.3. The Kier molecular flexibility index (Phi) is 4.75. The molecule has 0 radical (unpaired) electrons. The molecule has 2 nitrogen and oxygen atoms in total. The molecule has 0 aromatic heterocycles. The van der Waals surface area contributed by atoms with Crippen LogP contribution in [0.2, 0.25) is 0 Å². The van der Waals surface area contributed by atoms with Crippen LogP contribution in [0.25, 0.3) is 11.1 Å². The van der Waals surface area contributed by atoms with Gasteiger partial charge in [-0.15, -0.1) is 0 Å². The molecule has 1 heterocycles. The molecule has 0 N–H and O–H groups in total. The van der Waals surface area contributed by atoms with Gasteiger partial charge in [-0.05, 0) is 43.0 Å². The molecule has 1 saturated carbocycles. The van der Waals surface area contributed by atoms with Crippen molar-refractivity contribution in [3.05, 3.63) is 107 Å². The zero-order valence-electron chi connectivity index (χ0n) is 18.8. The van der Waals surface area contributed by atoms with Gasteiger partial charge < -0.3 is 4.74 Å². The fourth-order valence-electron chi connectivity index (χ4n) is 6.28. The van der Waals surface area contributed by atoms with Crippen LogP contribution in [0.15, 0.2) is 90.7 Å². The molecule has 0 atom stereocenters. The van der Waals surface area contributed by atoms with Gasteiger partial charge in [-0.2, -0.15) is 0 Å². The molecule has 3 aromatic carbocycles. The Morgan fingerprint density at radius 3 is 2.00 bits per heavy atom. The van der Waals surface area contributed by atoms with E-state index in [2.05, 4.69) is 96.4 Å². The van der Waals surface area contributed by atoms with Gasteiger partial charge >= 0.3 is 0 Å². The molecule has 0 saturated heterocycles. The number of ether oxygens (including phenoxy) is 1. The zero-order valence-corrected chi connectivity index (χ0v) is 18.8. The Bertz CT molecular complexity index is 1170. The van der Waals surface area contributed by atoms with Crippen molar-refractivity contribution in [1.82, 2.24) is 0 Å². The summed E-state index contributed by atoms with van der Waals surface area (Å²) < 4.78 is 9.27. The molecule has 2 heteroatoms. The Morgan fingerprint density at radius 2 is 1.38 bits per heavy atom. The van der Waals surface area contributed by atoms with Gasteiger partial charge in [-0.3, -0.25) is 0 Å². The summed E-state index contributed by atoms with van der Waals surface area (Å²) in [5.41, 5.74) is 7.57. The number of rotatable bonds is 4. The largest absolute Gasteiger partial charge is 0.490 e. The van der Waals surface area contributed by atoms with Gasteiger partial charge in [0.25, 0.3) is 5.54 Å². The van der Waals surface area contributed by atoms with Gasteiger partial charge in [0.15, 0.2) is 11.8 Å². The van der Waals surface area contributed by atoms with E-state index in [0.29, 0.717) is 12.6 Å². The molecule has 32 heavy (non-hydrogen) atoms. The first-order chi connectivity index (χ1) is 15.9. The van der Waals surface area contributed by atoms with E-state index in [1.807, 2.05) is 0 Å². The van der Waals surface area contributed by atoms with E-state index in [0.717, 1.165) is 5.76 Å². The maximum absolute atomic E-state index is 6.53. The SMILES string of the molecule is CCOC1=CC(c2ccccc2)=[N+](C2CCCCC2)C12c1ccccc1-c1ccccc12. The molecule has 2 aliphatic carbocycles. The number of nitrogens with zero attached hydrogens (tertiary/aromatic N) is 1. The maximum Gasteiger partial charge on any atom is 0.272 e. The monoisotopic (exact) mass is 420 g/mol. The van der Waals surface area contributed by atoms with E-state index in [4.69, 9.17) is 4.74 Å². The summed E-state index contributed by atoms with van der Waals surface area (Å²) in [6.07, 6.45) is 8.74. The average molecular weight is 421 g/mol. The molecule has 0 amide bonds. The third kappa shape index (κ3) is 2.68. The van der Waals surface area contributed by atoms with Crippen molar-refractivity contribution in [3.8, 4) is 11.1 Å². The molecule has 160 valence electrons. The van der Waals surface area contributed by atoms with Crippen molar-refractivity contribution >= 4 is 5.71 Å². The smallest absolute Gasteiger partial charge is 0.272 e. The molecular weight excluding hydrogens is 390 g/mol. The van der Waals surface area contributed by atoms with E-state index >= 15 is 0 Å². The Morgan fingerprint density at radius 1 is 0.781 bits per heavy atom. The first-order valence-electron chi connectivity index (χ1n) is 12.1. The standard InChI is InChI=1S/C30H30NO/c1-2-32-29-21-28(22-13-5-3-6-14-22)31(23-15-7-4-8-16-23)30(29)26-19-11-9-17-24(26)25-18-10-12-20-27(25)30/h3,5-6,9-14,17-21,23H,2,4,7-8,15-16H2,1H3/q+1. The van der Waals surface area contributed by atoms with E-state index < -0.39 is 5.54 Å². The van der Waals surface area contributed by atoms with Crippen LogP contribution in [0.4, 0.5) is 0 Å². The first-order valence-corrected chi connectivity index (χ1v) is 12.1. The second-order valence-electron chi connectivity index (χ2n) is 9.16. The summed E-state index contributed by atoms with van der Waals surface area (Å²) >= 11 is 0. The predicted molar refractivity (Wildman–Crippen MR) is 130 cm³/mol. The number of benzene rings is 3. The fraction of sp³-hybridized carbons (Fsp3) is 0.300. The molecule has 1 spiro atoms. The van der Waals surface area contributed by atoms with Crippen LogP contribution in [-0.2, 0) is 10.3 Å². The fourth-order valence-corrected chi connectivity index (χ4v) is 6.28. The number of hydrogen-bond acceptors (Lipinski definition) is 1. The van der Waals surface area contributed by atoms with Crippen LogP contribution in [0.1, 0.15) is 55.7 Å². The molecule has 0 unspecified atom stereocenters. The lowest BCUT2D eigenvalue weighted by Gasteiger charge is -2.33. The Balaban J connectivity index is 1.71. The molecular formula is C30H30NO+. The first kappa shape index (κ1) is 19.5. The summed E-state index contributed by atoms with van der Waals surface area (Å²) in [5.74, 6) is 1.07. The van der Waals surface area contributed by atoms with E-state index in [9.17, 15) is 0 Å². The molecule has 1 fully saturated rings. The highest BCUT2D eigenvalue weighted by Gasteiger charge is 2.62. The van der Waals surface area contributed by atoms with E-state index in [-0.39, 0.29) is 0 Å². The zero-order chi connectivity index (χ0) is 21.5. The summed E-state index contributed by atoms with van der Waals surface area (Å²) in [5, 5.41) is 0. The van der Waals surface area contributed by atoms with Gasteiger partial charge in [0.05, 0.1) is 12.7 Å². The van der Waals surface area contributed by atoms with Crippen molar-refractivity contribution in [2.75, 3.05) is 6.61 Å². The van der Waals surface area contributed by atoms with Gasteiger partial charge in [0, 0.05) is 29.5 Å². The number of fused-ring (bicyclic) bond motifs is 5. The van der Waals surface area contributed by atoms with Crippen molar-refractivity contribution in [1.29, 1.82) is 0 Å². The summed E-state index contributed by atoms with van der Waals surface area (Å²) in [7, 11) is 0. The Labute approximate surface area is 190 Å². The van der Waals surface area contributed by atoms with Gasteiger partial charge in [0.2, 0.25) is 5.71 Å². The van der Waals surface area contributed by atoms with Crippen molar-refractivity contribution in [2.45, 2.75) is 50.6 Å². The van der Waals surface area contributed by atoms with E-state index in [1.165, 1.54) is 65.6 Å². The number of hydrogen-bond donors (Lipinski definition) is 0. The van der Waals surface area contributed by atoms with Crippen molar-refractivity contribution in [2.24, 2.45) is 0 Å². The molecule has 3 aliphatic rings. The van der Waals surface area contributed by atoms with Gasteiger partial charge in [-0.25, -0.2) is 4.58 Å². The average Bonchev–Trinajstić information content (AvgIpc) is 3.35. The normalized spacial score (nSPS) is 19.1. The van der Waals surface area contributed by atoms with Crippen LogP contribution < -0.4 is 0 Å². The van der Waals surface area contributed by atoms with Crippen LogP contribution in [0, 0.1) is 0 Å². The van der Waals surface area contributed by atoms with Crippen molar-refractivity contribution < 1.29 is 9.31 Å². The second-order valence-corrected chi connectivity index (χ2v) is 9.16. The van der Waals surface area contributed by atoms with Gasteiger partial charge in [-0.1, -0.05) is 73.2 Å². The minimum Gasteiger partial charge on any atom is -0.490 e. The highest BCUT2D eigenvalue weighted by atomic mass is 16.5. The minimum absolute atomic E-state index is 0.392. The predicted octanol–water partition coefficient (Wildman–Crippen LogP) is 6.68. The summed E-state index contributed by atoms with van der Waals surface area (Å²) in [4.78, 5) is 0. The third-order valence-corrected chi connectivity index (χ3v) is 7.48. The number of allylic oxidation sites excluding steroid dienone is 1. The van der Waals surface area contributed by atoms with Crippen LogP contribution in [-0.4, -0.2) is 22.9 Å². The molecule has 6 rings (SSSR count). The maximum atomic E-state index is 6.53. The lowest BCUT2D eigenvalue weighted by atomic mass is 9.82. The lowest BCUT2D eigenvalue weighted by molar-refractivity contribution is -0.630.